The lowest BCUT2D eigenvalue weighted by Crippen LogP contribution is -2.05. The summed E-state index contributed by atoms with van der Waals surface area (Å²) in [7, 11) is 0. The van der Waals surface area contributed by atoms with Crippen LogP contribution in [0.5, 0.6) is 0 Å². The van der Waals surface area contributed by atoms with Gasteiger partial charge < -0.3 is 9.40 Å². The number of hydrogen-bond donors (Lipinski definition) is 1. The van der Waals surface area contributed by atoms with E-state index in [0.717, 1.165) is 5.69 Å². The Morgan fingerprint density at radius 2 is 2.29 bits per heavy atom. The Balaban J connectivity index is 2.57. The van der Waals surface area contributed by atoms with Gasteiger partial charge in [-0.25, -0.2) is 0 Å². The Hall–Kier alpha value is -1.62. The topological polar surface area (TPSA) is 71.8 Å². The van der Waals surface area contributed by atoms with Crippen molar-refractivity contribution in [3.63, 3.8) is 0 Å². The Labute approximate surface area is 83.7 Å². The van der Waals surface area contributed by atoms with E-state index in [2.05, 4.69) is 15.2 Å². The molecule has 0 unspecified atom stereocenters. The van der Waals surface area contributed by atoms with Crippen LogP contribution in [0.15, 0.2) is 21.5 Å². The monoisotopic (exact) mass is 211 g/mol. The van der Waals surface area contributed by atoms with Gasteiger partial charge in [0, 0.05) is 18.0 Å². The molecule has 0 saturated heterocycles. The quantitative estimate of drug-likeness (QED) is 0.774. The smallest absolute Gasteiger partial charge is 0.313 e. The summed E-state index contributed by atoms with van der Waals surface area (Å²) in [6.07, 6.45) is 1.52. The highest BCUT2D eigenvalue weighted by Crippen LogP contribution is 2.15. The number of aromatic amines is 1. The van der Waals surface area contributed by atoms with Crippen LogP contribution in [0, 0.1) is 6.92 Å². The molecule has 0 amide bonds. The molecule has 2 rings (SSSR count). The fourth-order valence-corrected chi connectivity index (χ4v) is 1.17. The summed E-state index contributed by atoms with van der Waals surface area (Å²) in [5, 5.41) is 6.98. The lowest BCUT2D eigenvalue weighted by atomic mass is 10.2. The van der Waals surface area contributed by atoms with Crippen LogP contribution in [0.25, 0.3) is 11.5 Å². The van der Waals surface area contributed by atoms with Crippen LogP contribution in [-0.4, -0.2) is 15.2 Å². The Morgan fingerprint density at radius 3 is 2.86 bits per heavy atom. The zero-order valence-corrected chi connectivity index (χ0v) is 8.00. The number of nitrogens with one attached hydrogen (secondary N) is 1. The van der Waals surface area contributed by atoms with E-state index in [1.807, 2.05) is 0 Å². The molecule has 2 aromatic heterocycles. The first-order valence-corrected chi connectivity index (χ1v) is 4.23. The molecule has 72 valence electrons. The van der Waals surface area contributed by atoms with Gasteiger partial charge in [-0.2, -0.15) is 0 Å². The summed E-state index contributed by atoms with van der Waals surface area (Å²) in [5.41, 5.74) is 0.904. The molecule has 6 heteroatoms. The molecular formula is C8H6ClN3O2. The Morgan fingerprint density at radius 1 is 1.50 bits per heavy atom. The maximum atomic E-state index is 11.5. The molecule has 0 aliphatic heterocycles. The SMILES string of the molecule is Cc1cc(=O)c(-c2nnc(Cl)o2)c[nH]1. The number of H-pyrrole nitrogens is 1. The van der Waals surface area contributed by atoms with Gasteiger partial charge >= 0.3 is 5.35 Å². The molecule has 0 aliphatic carbocycles. The third-order valence-electron chi connectivity index (χ3n) is 1.69. The molecule has 0 spiro atoms. The maximum absolute atomic E-state index is 11.5. The van der Waals surface area contributed by atoms with Crippen molar-refractivity contribution >= 4 is 11.6 Å². The van der Waals surface area contributed by atoms with Gasteiger partial charge in [0.1, 0.15) is 5.56 Å². The van der Waals surface area contributed by atoms with Gasteiger partial charge in [0.25, 0.3) is 5.89 Å². The van der Waals surface area contributed by atoms with E-state index in [1.54, 1.807) is 6.92 Å². The summed E-state index contributed by atoms with van der Waals surface area (Å²) in [5.74, 6) is 0.122. The van der Waals surface area contributed by atoms with Gasteiger partial charge in [0.2, 0.25) is 0 Å². The number of rotatable bonds is 1. The molecule has 0 bridgehead atoms. The van der Waals surface area contributed by atoms with Crippen molar-refractivity contribution in [2.24, 2.45) is 0 Å². The average molecular weight is 212 g/mol. The lowest BCUT2D eigenvalue weighted by molar-refractivity contribution is 0.570. The van der Waals surface area contributed by atoms with E-state index in [0.29, 0.717) is 5.56 Å². The first-order valence-electron chi connectivity index (χ1n) is 3.85. The van der Waals surface area contributed by atoms with Crippen molar-refractivity contribution in [2.45, 2.75) is 6.92 Å². The molecule has 0 fully saturated rings. The second-order valence-corrected chi connectivity index (χ2v) is 3.08. The third-order valence-corrected chi connectivity index (χ3v) is 1.84. The van der Waals surface area contributed by atoms with Crippen molar-refractivity contribution in [1.29, 1.82) is 0 Å². The second-order valence-electron chi connectivity index (χ2n) is 2.75. The summed E-state index contributed by atoms with van der Waals surface area (Å²) >= 11 is 5.44. The molecule has 2 aromatic rings. The van der Waals surface area contributed by atoms with Crippen LogP contribution in [0.4, 0.5) is 0 Å². The normalized spacial score (nSPS) is 10.4. The first-order chi connectivity index (χ1) is 6.66. The van der Waals surface area contributed by atoms with Gasteiger partial charge in [-0.05, 0) is 18.5 Å². The van der Waals surface area contributed by atoms with Gasteiger partial charge in [-0.3, -0.25) is 4.79 Å². The van der Waals surface area contributed by atoms with Gasteiger partial charge in [0.05, 0.1) is 0 Å². The lowest BCUT2D eigenvalue weighted by Gasteiger charge is -1.94. The molecule has 0 radical (unpaired) electrons. The minimum Gasteiger partial charge on any atom is -0.407 e. The summed E-state index contributed by atoms with van der Waals surface area (Å²) in [6, 6.07) is 1.45. The molecule has 2 heterocycles. The highest BCUT2D eigenvalue weighted by molar-refractivity contribution is 6.27. The van der Waals surface area contributed by atoms with Gasteiger partial charge in [-0.1, -0.05) is 5.10 Å². The molecule has 0 saturated carbocycles. The largest absolute Gasteiger partial charge is 0.407 e. The van der Waals surface area contributed by atoms with E-state index in [1.165, 1.54) is 12.3 Å². The first kappa shape index (κ1) is 8.96. The number of aryl methyl sites for hydroxylation is 1. The fourth-order valence-electron chi connectivity index (χ4n) is 1.05. The van der Waals surface area contributed by atoms with Crippen molar-refractivity contribution in [1.82, 2.24) is 15.2 Å². The van der Waals surface area contributed by atoms with Crippen LogP contribution >= 0.6 is 11.6 Å². The standard InChI is InChI=1S/C8H6ClN3O2/c1-4-2-6(13)5(3-10-4)7-11-12-8(9)14-7/h2-3H,1H3,(H,10,13). The molecule has 0 aromatic carbocycles. The third kappa shape index (κ3) is 1.54. The minimum absolute atomic E-state index is 0.0834. The number of nitrogens with zero attached hydrogens (tertiary/aromatic N) is 2. The number of pyridine rings is 1. The maximum Gasteiger partial charge on any atom is 0.313 e. The van der Waals surface area contributed by atoms with Crippen LogP contribution < -0.4 is 5.43 Å². The summed E-state index contributed by atoms with van der Waals surface area (Å²) in [6.45, 7) is 1.78. The Bertz CT molecular complexity index is 517. The number of halogens is 1. The highest BCUT2D eigenvalue weighted by Gasteiger charge is 2.10. The molecule has 0 aliphatic rings. The predicted octanol–water partition coefficient (Wildman–Crippen LogP) is 1.39. The zero-order valence-electron chi connectivity index (χ0n) is 7.24. The molecule has 14 heavy (non-hydrogen) atoms. The Kier molecular flexibility index (Phi) is 2.09. The second kappa shape index (κ2) is 3.26. The van der Waals surface area contributed by atoms with Crippen LogP contribution in [0.2, 0.25) is 5.35 Å². The van der Waals surface area contributed by atoms with E-state index in [9.17, 15) is 4.79 Å². The zero-order chi connectivity index (χ0) is 10.1. The molecule has 1 N–H and O–H groups in total. The van der Waals surface area contributed by atoms with Crippen molar-refractivity contribution < 1.29 is 4.42 Å². The number of hydrogen-bond acceptors (Lipinski definition) is 4. The van der Waals surface area contributed by atoms with E-state index in [-0.39, 0.29) is 16.7 Å². The van der Waals surface area contributed by atoms with E-state index < -0.39 is 0 Å². The number of aromatic nitrogens is 3. The predicted molar refractivity (Wildman–Crippen MR) is 50.1 cm³/mol. The van der Waals surface area contributed by atoms with Crippen molar-refractivity contribution in [3.05, 3.63) is 33.5 Å². The van der Waals surface area contributed by atoms with Crippen molar-refractivity contribution in [2.75, 3.05) is 0 Å². The van der Waals surface area contributed by atoms with E-state index in [4.69, 9.17) is 16.0 Å². The van der Waals surface area contributed by atoms with E-state index >= 15 is 0 Å². The minimum atomic E-state index is -0.179. The fraction of sp³-hybridized carbons (Fsp3) is 0.125. The molecular weight excluding hydrogens is 206 g/mol. The van der Waals surface area contributed by atoms with Crippen LogP contribution in [-0.2, 0) is 0 Å². The van der Waals surface area contributed by atoms with Gasteiger partial charge in [-0.15, -0.1) is 5.10 Å². The van der Waals surface area contributed by atoms with Crippen LogP contribution in [0.3, 0.4) is 0 Å². The van der Waals surface area contributed by atoms with Crippen LogP contribution in [0.1, 0.15) is 5.69 Å². The average Bonchev–Trinajstić information content (AvgIpc) is 2.51. The van der Waals surface area contributed by atoms with Gasteiger partial charge in [0.15, 0.2) is 5.43 Å². The summed E-state index contributed by atoms with van der Waals surface area (Å²) < 4.78 is 4.91. The molecule has 5 nitrogen and oxygen atoms in total. The summed E-state index contributed by atoms with van der Waals surface area (Å²) in [4.78, 5) is 14.3. The van der Waals surface area contributed by atoms with Crippen molar-refractivity contribution in [3.8, 4) is 11.5 Å². The molecule has 0 atom stereocenters. The highest BCUT2D eigenvalue weighted by atomic mass is 35.5.